The SMILES string of the molecule is CCc1nsc(N2CCN(C(=NC)NCc3ccc(N4CCOC(C)C4)nc3)CC2)n1.I. The molecule has 2 aliphatic rings. The molecule has 0 aliphatic carbocycles. The maximum absolute atomic E-state index is 5.62. The molecule has 0 bridgehead atoms. The van der Waals surface area contributed by atoms with E-state index in [9.17, 15) is 0 Å². The molecule has 0 radical (unpaired) electrons. The number of morpholine rings is 1. The maximum atomic E-state index is 5.62. The van der Waals surface area contributed by atoms with Gasteiger partial charge in [-0.05, 0) is 18.6 Å². The smallest absolute Gasteiger partial charge is 0.205 e. The molecule has 2 saturated heterocycles. The van der Waals surface area contributed by atoms with E-state index >= 15 is 0 Å². The monoisotopic (exact) mass is 572 g/mol. The third kappa shape index (κ3) is 6.19. The zero-order chi connectivity index (χ0) is 21.6. The van der Waals surface area contributed by atoms with Crippen molar-refractivity contribution < 1.29 is 4.74 Å². The Labute approximate surface area is 211 Å². The van der Waals surface area contributed by atoms with Crippen molar-refractivity contribution in [1.29, 1.82) is 0 Å². The molecule has 2 aromatic rings. The van der Waals surface area contributed by atoms with Crippen LogP contribution in [0.1, 0.15) is 25.2 Å². The summed E-state index contributed by atoms with van der Waals surface area (Å²) in [6.45, 7) is 11.1. The van der Waals surface area contributed by atoms with Gasteiger partial charge in [-0.2, -0.15) is 4.37 Å². The first-order chi connectivity index (χ1) is 15.2. The van der Waals surface area contributed by atoms with Crippen molar-refractivity contribution in [1.82, 2.24) is 24.6 Å². The minimum Gasteiger partial charge on any atom is -0.375 e. The van der Waals surface area contributed by atoms with Gasteiger partial charge in [-0.1, -0.05) is 13.0 Å². The molecule has 0 aromatic carbocycles. The number of hydrogen-bond acceptors (Lipinski definition) is 8. The molecular formula is C21H33IN8OS. The van der Waals surface area contributed by atoms with Gasteiger partial charge in [0, 0.05) is 77.0 Å². The zero-order valence-corrected chi connectivity index (χ0v) is 22.2. The summed E-state index contributed by atoms with van der Waals surface area (Å²) in [6.07, 6.45) is 3.09. The number of rotatable bonds is 5. The van der Waals surface area contributed by atoms with Crippen molar-refractivity contribution in [2.45, 2.75) is 32.9 Å². The van der Waals surface area contributed by atoms with Gasteiger partial charge in [0.05, 0.1) is 12.7 Å². The number of aromatic nitrogens is 3. The second-order valence-corrected chi connectivity index (χ2v) is 8.60. The second-order valence-electron chi connectivity index (χ2n) is 7.87. The number of halogens is 1. The van der Waals surface area contributed by atoms with Gasteiger partial charge >= 0.3 is 0 Å². The highest BCUT2D eigenvalue weighted by molar-refractivity contribution is 14.0. The molecule has 0 amide bonds. The third-order valence-corrected chi connectivity index (χ3v) is 6.47. The first-order valence-electron chi connectivity index (χ1n) is 11.0. The van der Waals surface area contributed by atoms with Crippen LogP contribution >= 0.6 is 35.5 Å². The number of guanidine groups is 1. The summed E-state index contributed by atoms with van der Waals surface area (Å²) in [5.74, 6) is 2.88. The molecule has 4 heterocycles. The van der Waals surface area contributed by atoms with E-state index in [1.54, 1.807) is 0 Å². The standard InChI is InChI=1S/C21H32N8OS.HI/c1-4-18-25-21(31-26-18)28-9-7-27(8-10-28)20(22-3)24-14-17-5-6-19(23-13-17)29-11-12-30-16(2)15-29;/h5-6,13,16H,4,7-12,14-15H2,1-3H3,(H,22,24);1H. The van der Waals surface area contributed by atoms with E-state index in [1.807, 2.05) is 13.2 Å². The summed E-state index contributed by atoms with van der Waals surface area (Å²) in [5.41, 5.74) is 1.14. The molecular weight excluding hydrogens is 539 g/mol. The number of pyridine rings is 1. The molecule has 9 nitrogen and oxygen atoms in total. The molecule has 11 heteroatoms. The van der Waals surface area contributed by atoms with Crippen LogP contribution in [0.25, 0.3) is 0 Å². The maximum Gasteiger partial charge on any atom is 0.205 e. The molecule has 2 aromatic heterocycles. The largest absolute Gasteiger partial charge is 0.375 e. The average molecular weight is 573 g/mol. The van der Waals surface area contributed by atoms with E-state index in [0.29, 0.717) is 6.54 Å². The molecule has 1 unspecified atom stereocenters. The lowest BCUT2D eigenvalue weighted by Gasteiger charge is -2.36. The van der Waals surface area contributed by atoms with Crippen LogP contribution in [0, 0.1) is 0 Å². The third-order valence-electron chi connectivity index (χ3n) is 5.66. The fraction of sp³-hybridized carbons (Fsp3) is 0.619. The van der Waals surface area contributed by atoms with E-state index in [-0.39, 0.29) is 30.1 Å². The van der Waals surface area contributed by atoms with Gasteiger partial charge in [0.25, 0.3) is 0 Å². The summed E-state index contributed by atoms with van der Waals surface area (Å²) in [4.78, 5) is 20.7. The number of anilines is 2. The number of ether oxygens (including phenoxy) is 1. The van der Waals surface area contributed by atoms with E-state index in [1.165, 1.54) is 11.5 Å². The number of nitrogens with one attached hydrogen (secondary N) is 1. The van der Waals surface area contributed by atoms with Crippen LogP contribution in [0.15, 0.2) is 23.3 Å². The Morgan fingerprint density at radius 2 is 2.03 bits per heavy atom. The second kappa shape index (κ2) is 11.9. The molecule has 176 valence electrons. The van der Waals surface area contributed by atoms with Crippen LogP contribution in [-0.4, -0.2) is 84.2 Å². The van der Waals surface area contributed by atoms with E-state index in [0.717, 1.165) is 80.6 Å². The Morgan fingerprint density at radius 1 is 1.22 bits per heavy atom. The number of aliphatic imine (C=N–C) groups is 1. The van der Waals surface area contributed by atoms with Gasteiger partial charge in [0.1, 0.15) is 11.6 Å². The Morgan fingerprint density at radius 3 is 2.66 bits per heavy atom. The van der Waals surface area contributed by atoms with Crippen molar-refractivity contribution >= 4 is 52.4 Å². The molecule has 2 fully saturated rings. The van der Waals surface area contributed by atoms with Crippen molar-refractivity contribution in [3.05, 3.63) is 29.7 Å². The average Bonchev–Trinajstić information content (AvgIpc) is 3.30. The number of aryl methyl sites for hydroxylation is 1. The lowest BCUT2D eigenvalue weighted by Crippen LogP contribution is -2.52. The van der Waals surface area contributed by atoms with Gasteiger partial charge in [-0.3, -0.25) is 4.99 Å². The highest BCUT2D eigenvalue weighted by atomic mass is 127. The molecule has 4 rings (SSSR count). The van der Waals surface area contributed by atoms with Crippen LogP contribution in [0.3, 0.4) is 0 Å². The first-order valence-corrected chi connectivity index (χ1v) is 11.8. The van der Waals surface area contributed by atoms with Gasteiger partial charge in [0.2, 0.25) is 5.13 Å². The summed E-state index contributed by atoms with van der Waals surface area (Å²) in [7, 11) is 1.84. The van der Waals surface area contributed by atoms with E-state index in [2.05, 4.69) is 65.3 Å². The summed E-state index contributed by atoms with van der Waals surface area (Å²) in [5, 5.41) is 4.52. The Kier molecular flexibility index (Phi) is 9.29. The van der Waals surface area contributed by atoms with Crippen molar-refractivity contribution in [2.24, 2.45) is 4.99 Å². The number of piperazine rings is 1. The van der Waals surface area contributed by atoms with Crippen LogP contribution in [-0.2, 0) is 17.7 Å². The van der Waals surface area contributed by atoms with E-state index in [4.69, 9.17) is 4.74 Å². The van der Waals surface area contributed by atoms with Crippen molar-refractivity contribution in [3.63, 3.8) is 0 Å². The fourth-order valence-electron chi connectivity index (χ4n) is 3.87. The summed E-state index contributed by atoms with van der Waals surface area (Å²) in [6, 6.07) is 4.24. The van der Waals surface area contributed by atoms with Crippen LogP contribution in [0.2, 0.25) is 0 Å². The van der Waals surface area contributed by atoms with Gasteiger partial charge in [-0.25, -0.2) is 9.97 Å². The molecule has 0 saturated carbocycles. The molecule has 1 atom stereocenters. The highest BCUT2D eigenvalue weighted by Crippen LogP contribution is 2.19. The zero-order valence-electron chi connectivity index (χ0n) is 19.0. The van der Waals surface area contributed by atoms with E-state index < -0.39 is 0 Å². The molecule has 1 N–H and O–H groups in total. The fourth-order valence-corrected chi connectivity index (χ4v) is 4.68. The van der Waals surface area contributed by atoms with Crippen LogP contribution < -0.4 is 15.1 Å². The van der Waals surface area contributed by atoms with Crippen LogP contribution in [0.4, 0.5) is 10.9 Å². The number of nitrogens with zero attached hydrogens (tertiary/aromatic N) is 7. The first kappa shape index (κ1) is 24.9. The van der Waals surface area contributed by atoms with Crippen LogP contribution in [0.5, 0.6) is 0 Å². The lowest BCUT2D eigenvalue weighted by atomic mass is 10.2. The van der Waals surface area contributed by atoms with Gasteiger partial charge in [-0.15, -0.1) is 24.0 Å². The minimum absolute atomic E-state index is 0. The Hall–Kier alpha value is -1.73. The predicted octanol–water partition coefficient (Wildman–Crippen LogP) is 2.24. The topological polar surface area (TPSA) is 82.0 Å². The molecule has 32 heavy (non-hydrogen) atoms. The van der Waals surface area contributed by atoms with Crippen molar-refractivity contribution in [3.8, 4) is 0 Å². The van der Waals surface area contributed by atoms with Gasteiger partial charge < -0.3 is 24.8 Å². The molecule has 0 spiro atoms. The minimum atomic E-state index is 0. The Balaban J connectivity index is 0.00000289. The highest BCUT2D eigenvalue weighted by Gasteiger charge is 2.22. The molecule has 2 aliphatic heterocycles. The predicted molar refractivity (Wildman–Crippen MR) is 141 cm³/mol. The van der Waals surface area contributed by atoms with Crippen molar-refractivity contribution in [2.75, 3.05) is 62.7 Å². The Bertz CT molecular complexity index is 869. The number of hydrogen-bond donors (Lipinski definition) is 1. The quantitative estimate of drug-likeness (QED) is 0.332. The normalized spacial score (nSPS) is 19.7. The summed E-state index contributed by atoms with van der Waals surface area (Å²) >= 11 is 1.50. The van der Waals surface area contributed by atoms with Gasteiger partial charge in [0.15, 0.2) is 5.96 Å². The summed E-state index contributed by atoms with van der Waals surface area (Å²) < 4.78 is 10.0. The lowest BCUT2D eigenvalue weighted by molar-refractivity contribution is 0.0529.